The predicted octanol–water partition coefficient (Wildman–Crippen LogP) is 1.53. The molecule has 0 saturated carbocycles. The molecule has 0 radical (unpaired) electrons. The number of carboxylic acid groups (broad SMARTS) is 1. The summed E-state index contributed by atoms with van der Waals surface area (Å²) in [5.74, 6) is -2.24. The fourth-order valence-corrected chi connectivity index (χ4v) is 3.53. The Hall–Kier alpha value is -1.35. The van der Waals surface area contributed by atoms with Gasteiger partial charge in [-0.15, -0.1) is 0 Å². The number of methoxy groups -OCH3 is 1. The van der Waals surface area contributed by atoms with Crippen LogP contribution in [-0.2, 0) is 19.6 Å². The van der Waals surface area contributed by atoms with Crippen LogP contribution >= 0.6 is 23.2 Å². The minimum absolute atomic E-state index is 0.122. The number of aromatic carboxylic acids is 1. The van der Waals surface area contributed by atoms with Gasteiger partial charge in [-0.1, -0.05) is 23.2 Å². The van der Waals surface area contributed by atoms with E-state index in [0.717, 1.165) is 19.2 Å². The van der Waals surface area contributed by atoms with Gasteiger partial charge in [0.25, 0.3) is 0 Å². The molecule has 1 aromatic rings. The van der Waals surface area contributed by atoms with Gasteiger partial charge in [0.15, 0.2) is 0 Å². The molecule has 2 N–H and O–H groups in total. The fourth-order valence-electron chi connectivity index (χ4n) is 1.44. The van der Waals surface area contributed by atoms with Crippen LogP contribution in [0.2, 0.25) is 10.0 Å². The summed E-state index contributed by atoms with van der Waals surface area (Å²) in [6.07, 6.45) is 0. The van der Waals surface area contributed by atoms with Gasteiger partial charge in [-0.2, -0.15) is 4.72 Å². The maximum absolute atomic E-state index is 12.2. The monoisotopic (exact) mass is 355 g/mol. The highest BCUT2D eigenvalue weighted by Gasteiger charge is 2.27. The average molecular weight is 356 g/mol. The molecule has 7 nitrogen and oxygen atoms in total. The zero-order chi connectivity index (χ0) is 16.4. The van der Waals surface area contributed by atoms with E-state index < -0.39 is 43.5 Å². The molecule has 0 aliphatic carbocycles. The molecule has 10 heteroatoms. The van der Waals surface area contributed by atoms with Gasteiger partial charge in [0.05, 0.1) is 17.7 Å². The summed E-state index contributed by atoms with van der Waals surface area (Å²) in [5, 5.41) is 8.33. The molecular formula is C11H11Cl2NO6S. The van der Waals surface area contributed by atoms with Gasteiger partial charge >= 0.3 is 11.9 Å². The van der Waals surface area contributed by atoms with Gasteiger partial charge in [0.2, 0.25) is 10.0 Å². The van der Waals surface area contributed by atoms with E-state index in [2.05, 4.69) is 4.74 Å². The van der Waals surface area contributed by atoms with Gasteiger partial charge < -0.3 is 9.84 Å². The minimum Gasteiger partial charge on any atom is -0.478 e. The molecule has 0 fully saturated rings. The van der Waals surface area contributed by atoms with Crippen molar-refractivity contribution in [1.82, 2.24) is 4.72 Å². The molecule has 0 heterocycles. The summed E-state index contributed by atoms with van der Waals surface area (Å²) in [6, 6.07) is 0.834. The summed E-state index contributed by atoms with van der Waals surface area (Å²) in [5.41, 5.74) is -0.463. The van der Waals surface area contributed by atoms with Crippen LogP contribution in [0.15, 0.2) is 17.0 Å². The molecule has 0 aromatic heterocycles. The first-order valence-electron chi connectivity index (χ1n) is 5.42. The summed E-state index contributed by atoms with van der Waals surface area (Å²) in [4.78, 5) is 21.7. The van der Waals surface area contributed by atoms with E-state index in [1.807, 2.05) is 4.72 Å². The van der Waals surface area contributed by atoms with Crippen molar-refractivity contribution in [3.05, 3.63) is 27.7 Å². The molecule has 0 aliphatic rings. The number of ether oxygens (including phenoxy) is 1. The standard InChI is InChI=1S/C11H11Cl2NO6S/c1-5(11(17)20-2)14-21(18,19)8-4-6(12)3-7(9(8)13)10(15)16/h3-5,14H,1-2H3,(H,15,16). The lowest BCUT2D eigenvalue weighted by Crippen LogP contribution is -2.39. The predicted molar refractivity (Wildman–Crippen MR) is 75.2 cm³/mol. The Kier molecular flexibility index (Phi) is 5.57. The van der Waals surface area contributed by atoms with Crippen LogP contribution in [0.4, 0.5) is 0 Å². The van der Waals surface area contributed by atoms with Crippen molar-refractivity contribution in [2.24, 2.45) is 0 Å². The Morgan fingerprint density at radius 1 is 1.33 bits per heavy atom. The molecule has 1 unspecified atom stereocenters. The Balaban J connectivity index is 3.32. The quantitative estimate of drug-likeness (QED) is 0.775. The summed E-state index contributed by atoms with van der Waals surface area (Å²) in [6.45, 7) is 1.26. The van der Waals surface area contributed by atoms with Gasteiger partial charge in [-0.05, 0) is 19.1 Å². The molecule has 1 atom stereocenters. The molecule has 0 amide bonds. The number of halogens is 2. The Morgan fingerprint density at radius 2 is 1.90 bits per heavy atom. The molecular weight excluding hydrogens is 345 g/mol. The average Bonchev–Trinajstić information content (AvgIpc) is 2.38. The zero-order valence-corrected chi connectivity index (χ0v) is 13.2. The van der Waals surface area contributed by atoms with Crippen molar-refractivity contribution in [2.45, 2.75) is 17.9 Å². The summed E-state index contributed by atoms with van der Waals surface area (Å²) >= 11 is 11.5. The second kappa shape index (κ2) is 6.61. The number of benzene rings is 1. The van der Waals surface area contributed by atoms with E-state index in [0.29, 0.717) is 0 Å². The molecule has 116 valence electrons. The van der Waals surface area contributed by atoms with Crippen molar-refractivity contribution in [3.8, 4) is 0 Å². The number of hydrogen-bond acceptors (Lipinski definition) is 5. The first-order valence-corrected chi connectivity index (χ1v) is 7.66. The number of sulfonamides is 1. The van der Waals surface area contributed by atoms with Crippen molar-refractivity contribution in [1.29, 1.82) is 0 Å². The van der Waals surface area contributed by atoms with Crippen LogP contribution in [0.25, 0.3) is 0 Å². The van der Waals surface area contributed by atoms with E-state index >= 15 is 0 Å². The third-order valence-electron chi connectivity index (χ3n) is 2.41. The van der Waals surface area contributed by atoms with Crippen molar-refractivity contribution in [2.75, 3.05) is 7.11 Å². The van der Waals surface area contributed by atoms with Gasteiger partial charge in [0.1, 0.15) is 10.9 Å². The molecule has 0 bridgehead atoms. The molecule has 0 spiro atoms. The fraction of sp³-hybridized carbons (Fsp3) is 0.273. The van der Waals surface area contributed by atoms with Crippen LogP contribution in [0.1, 0.15) is 17.3 Å². The number of carboxylic acids is 1. The third-order valence-corrected chi connectivity index (χ3v) is 4.71. The van der Waals surface area contributed by atoms with Crippen molar-refractivity contribution >= 4 is 45.2 Å². The SMILES string of the molecule is COC(=O)C(C)NS(=O)(=O)c1cc(Cl)cc(C(=O)O)c1Cl. The first-order chi connectivity index (χ1) is 9.60. The third kappa shape index (κ3) is 4.07. The lowest BCUT2D eigenvalue weighted by molar-refractivity contribution is -0.142. The number of esters is 1. The highest BCUT2D eigenvalue weighted by molar-refractivity contribution is 7.89. The second-order valence-corrected chi connectivity index (χ2v) is 6.43. The Labute approximate surface area is 130 Å². The summed E-state index contributed by atoms with van der Waals surface area (Å²) in [7, 11) is -3.16. The zero-order valence-electron chi connectivity index (χ0n) is 10.9. The van der Waals surface area contributed by atoms with Crippen LogP contribution < -0.4 is 4.72 Å². The van der Waals surface area contributed by atoms with Gasteiger partial charge in [-0.25, -0.2) is 13.2 Å². The van der Waals surface area contributed by atoms with Crippen LogP contribution in [0.5, 0.6) is 0 Å². The van der Waals surface area contributed by atoms with E-state index in [9.17, 15) is 18.0 Å². The van der Waals surface area contributed by atoms with Crippen molar-refractivity contribution < 1.29 is 27.9 Å². The van der Waals surface area contributed by atoms with E-state index in [1.54, 1.807) is 0 Å². The molecule has 1 aromatic carbocycles. The number of carbonyl (C=O) groups excluding carboxylic acids is 1. The maximum atomic E-state index is 12.2. The minimum atomic E-state index is -4.25. The molecule has 0 saturated heterocycles. The number of carbonyl (C=O) groups is 2. The lowest BCUT2D eigenvalue weighted by Gasteiger charge is -2.14. The van der Waals surface area contributed by atoms with Crippen LogP contribution in [0, 0.1) is 0 Å². The lowest BCUT2D eigenvalue weighted by atomic mass is 10.2. The highest BCUT2D eigenvalue weighted by Crippen LogP contribution is 2.29. The Morgan fingerprint density at radius 3 is 2.38 bits per heavy atom. The van der Waals surface area contributed by atoms with E-state index in [1.165, 1.54) is 6.92 Å². The number of nitrogens with one attached hydrogen (secondary N) is 1. The van der Waals surface area contributed by atoms with Gasteiger partial charge in [-0.3, -0.25) is 4.79 Å². The second-order valence-electron chi connectivity index (χ2n) is 3.94. The largest absolute Gasteiger partial charge is 0.478 e. The molecule has 0 aliphatic heterocycles. The maximum Gasteiger partial charge on any atom is 0.337 e. The smallest absolute Gasteiger partial charge is 0.337 e. The number of rotatable bonds is 5. The topological polar surface area (TPSA) is 110 Å². The van der Waals surface area contributed by atoms with Crippen LogP contribution in [-0.4, -0.2) is 38.6 Å². The van der Waals surface area contributed by atoms with E-state index in [-0.39, 0.29) is 5.02 Å². The highest BCUT2D eigenvalue weighted by atomic mass is 35.5. The van der Waals surface area contributed by atoms with Crippen LogP contribution in [0.3, 0.4) is 0 Å². The summed E-state index contributed by atoms with van der Waals surface area (Å²) < 4.78 is 30.7. The Bertz CT molecular complexity index is 688. The first kappa shape index (κ1) is 17.7. The van der Waals surface area contributed by atoms with Gasteiger partial charge in [0, 0.05) is 5.02 Å². The molecule has 1 rings (SSSR count). The molecule has 21 heavy (non-hydrogen) atoms. The number of hydrogen-bond donors (Lipinski definition) is 2. The normalized spacial score (nSPS) is 12.8. The van der Waals surface area contributed by atoms with E-state index in [4.69, 9.17) is 28.3 Å². The van der Waals surface area contributed by atoms with Crippen molar-refractivity contribution in [3.63, 3.8) is 0 Å².